The molecule has 0 saturated carbocycles. The molecule has 1 atom stereocenters. The zero-order chi connectivity index (χ0) is 16.3. The van der Waals surface area contributed by atoms with E-state index in [0.29, 0.717) is 10.9 Å². The highest BCUT2D eigenvalue weighted by Gasteiger charge is 2.26. The van der Waals surface area contributed by atoms with Gasteiger partial charge in [0.1, 0.15) is 4.21 Å². The van der Waals surface area contributed by atoms with E-state index in [1.54, 1.807) is 12.1 Å². The topological polar surface area (TPSA) is 49.4 Å². The zero-order valence-corrected chi connectivity index (χ0v) is 15.0. The molecule has 1 aromatic heterocycles. The fourth-order valence-corrected chi connectivity index (χ4v) is 5.45. The van der Waals surface area contributed by atoms with Crippen molar-refractivity contribution >= 4 is 33.0 Å². The lowest BCUT2D eigenvalue weighted by Gasteiger charge is -2.28. The molecule has 0 bridgehead atoms. The summed E-state index contributed by atoms with van der Waals surface area (Å²) in [7, 11) is -3.51. The summed E-state index contributed by atoms with van der Waals surface area (Å²) in [5.41, 5.74) is 1.14. The van der Waals surface area contributed by atoms with Crippen molar-refractivity contribution in [3.8, 4) is 0 Å². The van der Waals surface area contributed by atoms with Crippen LogP contribution in [0.1, 0.15) is 24.4 Å². The van der Waals surface area contributed by atoms with Gasteiger partial charge in [-0.3, -0.25) is 4.90 Å². The van der Waals surface area contributed by atoms with Gasteiger partial charge in [-0.1, -0.05) is 41.9 Å². The molecule has 0 amide bonds. The summed E-state index contributed by atoms with van der Waals surface area (Å²) in [6.45, 7) is 2.38. The van der Waals surface area contributed by atoms with Gasteiger partial charge in [-0.25, -0.2) is 13.1 Å². The maximum Gasteiger partial charge on any atom is 0.250 e. The van der Waals surface area contributed by atoms with Crippen LogP contribution in [0.25, 0.3) is 0 Å². The van der Waals surface area contributed by atoms with Crippen molar-refractivity contribution in [2.24, 2.45) is 0 Å². The van der Waals surface area contributed by atoms with Crippen LogP contribution in [0.15, 0.2) is 46.7 Å². The molecule has 7 heteroatoms. The fourth-order valence-electron chi connectivity index (χ4n) is 2.89. The average Bonchev–Trinajstić information content (AvgIpc) is 3.20. The first-order chi connectivity index (χ1) is 11.1. The van der Waals surface area contributed by atoms with E-state index in [1.807, 2.05) is 18.2 Å². The molecule has 2 heterocycles. The number of nitrogens with one attached hydrogen (secondary N) is 1. The molecule has 124 valence electrons. The Morgan fingerprint density at radius 2 is 1.83 bits per heavy atom. The van der Waals surface area contributed by atoms with Gasteiger partial charge in [-0.2, -0.15) is 0 Å². The molecular formula is C16H19ClN2O2S2. The second-order valence-electron chi connectivity index (χ2n) is 5.58. The summed E-state index contributed by atoms with van der Waals surface area (Å²) < 4.78 is 28.3. The molecule has 1 unspecified atom stereocenters. The minimum Gasteiger partial charge on any atom is -0.295 e. The third-order valence-corrected chi connectivity index (χ3v) is 7.19. The Morgan fingerprint density at radius 3 is 2.43 bits per heavy atom. The Labute approximate surface area is 146 Å². The van der Waals surface area contributed by atoms with E-state index < -0.39 is 10.0 Å². The van der Waals surface area contributed by atoms with Gasteiger partial charge >= 0.3 is 0 Å². The molecule has 4 nitrogen and oxygen atoms in total. The number of thiophene rings is 1. The van der Waals surface area contributed by atoms with Crippen molar-refractivity contribution in [3.05, 3.63) is 52.4 Å². The first-order valence-electron chi connectivity index (χ1n) is 7.60. The van der Waals surface area contributed by atoms with E-state index in [4.69, 9.17) is 11.6 Å². The normalized spacial score (nSPS) is 17.4. The number of halogens is 1. The molecule has 0 spiro atoms. The molecule has 0 radical (unpaired) electrons. The number of benzene rings is 1. The smallest absolute Gasteiger partial charge is 0.250 e. The van der Waals surface area contributed by atoms with Crippen LogP contribution in [0.4, 0.5) is 0 Å². The molecule has 3 rings (SSSR count). The highest BCUT2D eigenvalue weighted by atomic mass is 35.5. The monoisotopic (exact) mass is 370 g/mol. The molecule has 0 aliphatic carbocycles. The highest BCUT2D eigenvalue weighted by molar-refractivity contribution is 7.91. The Balaban J connectivity index is 1.76. The minimum atomic E-state index is -3.51. The molecule has 1 N–H and O–H groups in total. The van der Waals surface area contributed by atoms with Gasteiger partial charge in [0.25, 0.3) is 0 Å². The summed E-state index contributed by atoms with van der Waals surface area (Å²) >= 11 is 6.92. The third kappa shape index (κ3) is 4.14. The first-order valence-corrected chi connectivity index (χ1v) is 10.3. The summed E-state index contributed by atoms with van der Waals surface area (Å²) in [5, 5.41) is 0. The highest BCUT2D eigenvalue weighted by Crippen LogP contribution is 2.27. The SMILES string of the molecule is O=S(=O)(NCC(c1ccccc1)N1CCCC1)c1ccc(Cl)s1. The maximum absolute atomic E-state index is 12.4. The standard InChI is InChI=1S/C16H19ClN2O2S2/c17-15-8-9-16(22-15)23(20,21)18-12-14(19-10-4-5-11-19)13-6-2-1-3-7-13/h1-3,6-9,14,18H,4-5,10-12H2. The van der Waals surface area contributed by atoms with E-state index in [1.165, 1.54) is 0 Å². The van der Waals surface area contributed by atoms with Crippen LogP contribution in [-0.4, -0.2) is 33.0 Å². The quantitative estimate of drug-likeness (QED) is 0.846. The van der Waals surface area contributed by atoms with Crippen molar-refractivity contribution in [2.45, 2.75) is 23.1 Å². The van der Waals surface area contributed by atoms with E-state index in [0.717, 1.165) is 42.8 Å². The van der Waals surface area contributed by atoms with Gasteiger partial charge in [-0.15, -0.1) is 11.3 Å². The fraction of sp³-hybridized carbons (Fsp3) is 0.375. The zero-order valence-electron chi connectivity index (χ0n) is 12.6. The van der Waals surface area contributed by atoms with Crippen molar-refractivity contribution in [3.63, 3.8) is 0 Å². The first kappa shape index (κ1) is 16.9. The predicted molar refractivity (Wildman–Crippen MR) is 94.5 cm³/mol. The van der Waals surface area contributed by atoms with Crippen molar-refractivity contribution in [1.29, 1.82) is 0 Å². The Kier molecular flexibility index (Phi) is 5.38. The van der Waals surface area contributed by atoms with Crippen LogP contribution < -0.4 is 4.72 Å². The second-order valence-corrected chi connectivity index (χ2v) is 9.29. The van der Waals surface area contributed by atoms with Crippen LogP contribution in [0, 0.1) is 0 Å². The van der Waals surface area contributed by atoms with Gasteiger partial charge < -0.3 is 0 Å². The Morgan fingerprint density at radius 1 is 1.13 bits per heavy atom. The lowest BCUT2D eigenvalue weighted by molar-refractivity contribution is 0.246. The summed E-state index contributed by atoms with van der Waals surface area (Å²) in [5.74, 6) is 0. The van der Waals surface area contributed by atoms with E-state index in [9.17, 15) is 8.42 Å². The molecule has 1 aliphatic rings. The number of likely N-dealkylation sites (tertiary alicyclic amines) is 1. The minimum absolute atomic E-state index is 0.0592. The van der Waals surface area contributed by atoms with Crippen LogP contribution in [0.3, 0.4) is 0 Å². The van der Waals surface area contributed by atoms with Crippen LogP contribution in [0.2, 0.25) is 4.34 Å². The van der Waals surface area contributed by atoms with Crippen molar-refractivity contribution < 1.29 is 8.42 Å². The summed E-state index contributed by atoms with van der Waals surface area (Å²) in [6, 6.07) is 13.3. The predicted octanol–water partition coefficient (Wildman–Crippen LogP) is 3.52. The molecule has 1 fully saturated rings. The lowest BCUT2D eigenvalue weighted by Crippen LogP contribution is -2.36. The number of rotatable bonds is 6. The van der Waals surface area contributed by atoms with Gasteiger partial charge in [0.05, 0.1) is 4.34 Å². The van der Waals surface area contributed by atoms with Crippen LogP contribution in [0.5, 0.6) is 0 Å². The second kappa shape index (κ2) is 7.32. The van der Waals surface area contributed by atoms with Crippen LogP contribution >= 0.6 is 22.9 Å². The van der Waals surface area contributed by atoms with Gasteiger partial charge in [0.2, 0.25) is 10.0 Å². The molecular weight excluding hydrogens is 352 g/mol. The Bertz CT molecular complexity index is 740. The maximum atomic E-state index is 12.4. The summed E-state index contributed by atoms with van der Waals surface area (Å²) in [6.07, 6.45) is 2.33. The number of hydrogen-bond donors (Lipinski definition) is 1. The van der Waals surface area contributed by atoms with E-state index >= 15 is 0 Å². The van der Waals surface area contributed by atoms with Crippen molar-refractivity contribution in [2.75, 3.05) is 19.6 Å². The molecule has 1 aliphatic heterocycles. The number of sulfonamides is 1. The molecule has 1 aromatic carbocycles. The number of nitrogens with zero attached hydrogens (tertiary/aromatic N) is 1. The molecule has 2 aromatic rings. The van der Waals surface area contributed by atoms with Gasteiger partial charge in [0.15, 0.2) is 0 Å². The third-order valence-electron chi connectivity index (χ3n) is 4.05. The van der Waals surface area contributed by atoms with Gasteiger partial charge in [-0.05, 0) is 43.6 Å². The van der Waals surface area contributed by atoms with E-state index in [2.05, 4.69) is 21.8 Å². The van der Waals surface area contributed by atoms with Crippen LogP contribution in [-0.2, 0) is 10.0 Å². The van der Waals surface area contributed by atoms with E-state index in [-0.39, 0.29) is 10.3 Å². The molecule has 1 saturated heterocycles. The largest absolute Gasteiger partial charge is 0.295 e. The average molecular weight is 371 g/mol. The summed E-state index contributed by atoms with van der Waals surface area (Å²) in [4.78, 5) is 2.35. The number of hydrogen-bond acceptors (Lipinski definition) is 4. The Hall–Kier alpha value is -0.920. The lowest BCUT2D eigenvalue weighted by atomic mass is 10.1. The van der Waals surface area contributed by atoms with Crippen molar-refractivity contribution in [1.82, 2.24) is 9.62 Å². The molecule has 23 heavy (non-hydrogen) atoms. The van der Waals surface area contributed by atoms with Gasteiger partial charge in [0, 0.05) is 12.6 Å².